The van der Waals surface area contributed by atoms with Crippen LogP contribution in [0.15, 0.2) is 29.2 Å². The van der Waals surface area contributed by atoms with Crippen LogP contribution >= 0.6 is 0 Å². The van der Waals surface area contributed by atoms with E-state index in [0.717, 1.165) is 24.3 Å². The van der Waals surface area contributed by atoms with Crippen molar-refractivity contribution in [3.8, 4) is 0 Å². The van der Waals surface area contributed by atoms with Crippen molar-refractivity contribution in [3.63, 3.8) is 0 Å². The highest BCUT2D eigenvalue weighted by Crippen LogP contribution is 2.29. The van der Waals surface area contributed by atoms with Crippen molar-refractivity contribution in [3.05, 3.63) is 29.8 Å². The summed E-state index contributed by atoms with van der Waals surface area (Å²) in [5.74, 6) is -0.444. The summed E-state index contributed by atoms with van der Waals surface area (Å²) in [6.07, 6.45) is -5.44. The maximum absolute atomic E-state index is 12.4. The van der Waals surface area contributed by atoms with Crippen molar-refractivity contribution >= 4 is 9.84 Å². The molecule has 0 radical (unpaired) electrons. The van der Waals surface area contributed by atoms with E-state index in [9.17, 15) is 21.6 Å². The zero-order valence-corrected chi connectivity index (χ0v) is 12.5. The van der Waals surface area contributed by atoms with Crippen molar-refractivity contribution in [2.45, 2.75) is 31.2 Å². The maximum atomic E-state index is 12.4. The molecule has 0 amide bonds. The van der Waals surface area contributed by atoms with Gasteiger partial charge in [0.2, 0.25) is 0 Å². The lowest BCUT2D eigenvalue weighted by atomic mass is 10.2. The molecule has 4 nitrogen and oxygen atoms in total. The highest BCUT2D eigenvalue weighted by atomic mass is 32.2. The lowest BCUT2D eigenvalue weighted by Gasteiger charge is -2.17. The first-order valence-electron chi connectivity index (χ1n) is 6.34. The summed E-state index contributed by atoms with van der Waals surface area (Å²) >= 11 is 0. The van der Waals surface area contributed by atoms with Gasteiger partial charge in [-0.15, -0.1) is 0 Å². The van der Waals surface area contributed by atoms with E-state index in [2.05, 4.69) is 0 Å². The average molecular weight is 326 g/mol. The smallest absolute Gasteiger partial charge is 0.352 e. The Labute approximate surface area is 121 Å². The van der Waals surface area contributed by atoms with Gasteiger partial charge in [0.15, 0.2) is 16.1 Å². The summed E-state index contributed by atoms with van der Waals surface area (Å²) < 4.78 is 71.8. The van der Waals surface area contributed by atoms with Crippen LogP contribution in [0.5, 0.6) is 0 Å². The van der Waals surface area contributed by atoms with Crippen molar-refractivity contribution < 1.29 is 31.1 Å². The lowest BCUT2D eigenvalue weighted by Crippen LogP contribution is -2.27. The third kappa shape index (κ3) is 5.29. The van der Waals surface area contributed by atoms with E-state index in [-0.39, 0.29) is 18.1 Å². The molecular weight excluding hydrogens is 309 g/mol. The monoisotopic (exact) mass is 326 g/mol. The van der Waals surface area contributed by atoms with Crippen LogP contribution < -0.4 is 0 Å². The molecule has 0 unspecified atom stereocenters. The predicted octanol–water partition coefficient (Wildman–Crippen LogP) is 2.88. The molecule has 120 valence electrons. The molecule has 1 aromatic carbocycles. The fourth-order valence-electron chi connectivity index (χ4n) is 1.64. The molecule has 21 heavy (non-hydrogen) atoms. The SMILES string of the molecule is CCOC(CS(=O)(=O)c1ccc(C(F)(F)F)cc1)OCC. The molecule has 0 aliphatic heterocycles. The molecule has 0 heterocycles. The highest BCUT2D eigenvalue weighted by molar-refractivity contribution is 7.91. The second-order valence-electron chi connectivity index (χ2n) is 4.14. The molecule has 0 N–H and O–H groups in total. The number of ether oxygens (including phenoxy) is 2. The Hall–Kier alpha value is -1.12. The topological polar surface area (TPSA) is 52.6 Å². The van der Waals surface area contributed by atoms with Gasteiger partial charge < -0.3 is 9.47 Å². The zero-order chi connectivity index (χ0) is 16.1. The molecule has 0 aliphatic carbocycles. The Kier molecular flexibility index (Phi) is 6.18. The van der Waals surface area contributed by atoms with E-state index in [0.29, 0.717) is 0 Å². The number of halogens is 3. The summed E-state index contributed by atoms with van der Waals surface area (Å²) in [6, 6.07) is 3.35. The van der Waals surface area contributed by atoms with E-state index in [1.54, 1.807) is 13.8 Å². The first kappa shape index (κ1) is 17.9. The summed E-state index contributed by atoms with van der Waals surface area (Å²) in [4.78, 5) is -0.195. The summed E-state index contributed by atoms with van der Waals surface area (Å²) in [5, 5.41) is 0. The van der Waals surface area contributed by atoms with Crippen LogP contribution in [-0.4, -0.2) is 33.7 Å². The second kappa shape index (κ2) is 7.24. The van der Waals surface area contributed by atoms with Crippen LogP contribution in [0.2, 0.25) is 0 Å². The molecule has 0 saturated carbocycles. The average Bonchev–Trinajstić information content (AvgIpc) is 2.38. The number of alkyl halides is 3. The number of hydrogen-bond acceptors (Lipinski definition) is 4. The van der Waals surface area contributed by atoms with Crippen molar-refractivity contribution in [2.24, 2.45) is 0 Å². The van der Waals surface area contributed by atoms with Gasteiger partial charge >= 0.3 is 6.18 Å². The summed E-state index contributed by atoms with van der Waals surface area (Å²) in [6.45, 7) is 3.92. The molecule has 0 aromatic heterocycles. The van der Waals surface area contributed by atoms with Crippen LogP contribution in [0.1, 0.15) is 19.4 Å². The first-order valence-corrected chi connectivity index (χ1v) is 7.99. The largest absolute Gasteiger partial charge is 0.416 e. The van der Waals surface area contributed by atoms with Gasteiger partial charge in [0.25, 0.3) is 0 Å². The molecule has 0 fully saturated rings. The third-order valence-corrected chi connectivity index (χ3v) is 4.30. The number of rotatable bonds is 7. The van der Waals surface area contributed by atoms with Crippen molar-refractivity contribution in [1.29, 1.82) is 0 Å². The van der Waals surface area contributed by atoms with Crippen LogP contribution in [0, 0.1) is 0 Å². The van der Waals surface area contributed by atoms with E-state index >= 15 is 0 Å². The minimum absolute atomic E-state index is 0.195. The summed E-state index contributed by atoms with van der Waals surface area (Å²) in [5.41, 5.74) is -0.896. The first-order chi connectivity index (χ1) is 9.70. The molecule has 1 aromatic rings. The molecular formula is C13H17F3O4S. The Morgan fingerprint density at radius 1 is 1.05 bits per heavy atom. The van der Waals surface area contributed by atoms with Crippen molar-refractivity contribution in [2.75, 3.05) is 19.0 Å². The van der Waals surface area contributed by atoms with Gasteiger partial charge in [-0.2, -0.15) is 13.2 Å². The molecule has 1 rings (SSSR count). The fourth-order valence-corrected chi connectivity index (χ4v) is 2.94. The van der Waals surface area contributed by atoms with E-state index in [4.69, 9.17) is 9.47 Å². The maximum Gasteiger partial charge on any atom is 0.416 e. The molecule has 0 saturated heterocycles. The molecule has 0 bridgehead atoms. The van der Waals surface area contributed by atoms with Crippen LogP contribution in [-0.2, 0) is 25.5 Å². The minimum atomic E-state index is -4.50. The van der Waals surface area contributed by atoms with Gasteiger partial charge in [-0.3, -0.25) is 0 Å². The van der Waals surface area contributed by atoms with Crippen LogP contribution in [0.25, 0.3) is 0 Å². The van der Waals surface area contributed by atoms with E-state index in [1.165, 1.54) is 0 Å². The van der Waals surface area contributed by atoms with Gasteiger partial charge in [-0.1, -0.05) is 0 Å². The quantitative estimate of drug-likeness (QED) is 0.723. The van der Waals surface area contributed by atoms with Gasteiger partial charge in [-0.05, 0) is 38.1 Å². The molecule has 0 spiro atoms. The van der Waals surface area contributed by atoms with Gasteiger partial charge in [0.05, 0.1) is 10.5 Å². The third-order valence-electron chi connectivity index (χ3n) is 2.60. The highest BCUT2D eigenvalue weighted by Gasteiger charge is 2.31. The van der Waals surface area contributed by atoms with E-state index in [1.807, 2.05) is 0 Å². The van der Waals surface area contributed by atoms with Gasteiger partial charge in [-0.25, -0.2) is 8.42 Å². The van der Waals surface area contributed by atoms with E-state index < -0.39 is 33.6 Å². The predicted molar refractivity (Wildman–Crippen MR) is 70.5 cm³/mol. The standard InChI is InChI=1S/C13H17F3O4S/c1-3-19-12(20-4-2)9-21(17,18)11-7-5-10(6-8-11)13(14,15)16/h5-8,12H,3-4,9H2,1-2H3. The van der Waals surface area contributed by atoms with Crippen molar-refractivity contribution in [1.82, 2.24) is 0 Å². The number of benzene rings is 1. The van der Waals surface area contributed by atoms with Gasteiger partial charge in [0, 0.05) is 13.2 Å². The van der Waals surface area contributed by atoms with Crippen LogP contribution in [0.3, 0.4) is 0 Å². The number of hydrogen-bond donors (Lipinski definition) is 0. The Morgan fingerprint density at radius 2 is 1.52 bits per heavy atom. The Morgan fingerprint density at radius 3 is 1.90 bits per heavy atom. The zero-order valence-electron chi connectivity index (χ0n) is 11.7. The second-order valence-corrected chi connectivity index (χ2v) is 6.18. The van der Waals surface area contributed by atoms with Gasteiger partial charge in [0.1, 0.15) is 5.75 Å². The minimum Gasteiger partial charge on any atom is -0.352 e. The van der Waals surface area contributed by atoms with Crippen LogP contribution in [0.4, 0.5) is 13.2 Å². The molecule has 8 heteroatoms. The fraction of sp³-hybridized carbons (Fsp3) is 0.538. The normalized spacial score (nSPS) is 12.9. The summed E-state index contributed by atoms with van der Waals surface area (Å²) in [7, 11) is -3.78. The molecule has 0 atom stereocenters. The Bertz CT molecular complexity index is 532. The Balaban J connectivity index is 2.92. The lowest BCUT2D eigenvalue weighted by molar-refractivity contribution is -0.137. The number of sulfone groups is 1. The molecule has 0 aliphatic rings.